The molecule has 1 unspecified atom stereocenters. The van der Waals surface area contributed by atoms with Crippen LogP contribution in [0.4, 0.5) is 0 Å². The SMILES string of the molecule is [C]1=C(c2ccccc2)C(c2ccccc2)=C(c2ccccc2)C1(Cc1ccccc1)c1ccccc1. The first kappa shape index (κ1) is 22.1. The van der Waals surface area contributed by atoms with Crippen LogP contribution in [-0.4, -0.2) is 0 Å². The number of hydrogen-bond donors (Lipinski definition) is 0. The van der Waals surface area contributed by atoms with E-state index < -0.39 is 5.41 Å². The second-order valence-electron chi connectivity index (χ2n) is 9.28. The van der Waals surface area contributed by atoms with E-state index in [0.717, 1.165) is 6.42 Å². The van der Waals surface area contributed by atoms with Crippen molar-refractivity contribution in [3.05, 3.63) is 186 Å². The Bertz CT molecular complexity index is 1500. The molecule has 0 fully saturated rings. The number of rotatable bonds is 6. The molecule has 36 heavy (non-hydrogen) atoms. The van der Waals surface area contributed by atoms with Crippen molar-refractivity contribution in [3.63, 3.8) is 0 Å². The molecular formula is C36H27. The van der Waals surface area contributed by atoms with Gasteiger partial charge in [0.2, 0.25) is 0 Å². The van der Waals surface area contributed by atoms with Gasteiger partial charge in [-0.15, -0.1) is 0 Å². The van der Waals surface area contributed by atoms with Gasteiger partial charge in [0, 0.05) is 0 Å². The van der Waals surface area contributed by atoms with E-state index in [9.17, 15) is 0 Å². The Morgan fingerprint density at radius 2 is 0.889 bits per heavy atom. The van der Waals surface area contributed by atoms with E-state index in [1.54, 1.807) is 0 Å². The van der Waals surface area contributed by atoms with Gasteiger partial charge in [0.05, 0.1) is 5.41 Å². The molecule has 0 saturated carbocycles. The Hall–Kier alpha value is -4.42. The topological polar surface area (TPSA) is 0 Å². The fourth-order valence-corrected chi connectivity index (χ4v) is 5.46. The summed E-state index contributed by atoms with van der Waals surface area (Å²) in [4.78, 5) is 0. The third kappa shape index (κ3) is 4.01. The Labute approximate surface area is 213 Å². The summed E-state index contributed by atoms with van der Waals surface area (Å²) in [6.07, 6.45) is 4.95. The average molecular weight is 460 g/mol. The molecule has 0 nitrogen and oxygen atoms in total. The summed E-state index contributed by atoms with van der Waals surface area (Å²) in [5.74, 6) is 0. The molecule has 0 heterocycles. The molecule has 0 aromatic heterocycles. The lowest BCUT2D eigenvalue weighted by Crippen LogP contribution is -2.27. The lowest BCUT2D eigenvalue weighted by Gasteiger charge is -2.33. The lowest BCUT2D eigenvalue weighted by atomic mass is 9.69. The van der Waals surface area contributed by atoms with Gasteiger partial charge in [0.1, 0.15) is 0 Å². The minimum atomic E-state index is -0.444. The number of hydrogen-bond acceptors (Lipinski definition) is 0. The molecule has 0 N–H and O–H groups in total. The summed E-state index contributed by atoms with van der Waals surface area (Å²) in [6, 6.07) is 54.2. The van der Waals surface area contributed by atoms with Gasteiger partial charge in [-0.3, -0.25) is 0 Å². The lowest BCUT2D eigenvalue weighted by molar-refractivity contribution is 0.675. The van der Waals surface area contributed by atoms with E-state index in [0.29, 0.717) is 0 Å². The minimum Gasteiger partial charge on any atom is -0.0622 e. The van der Waals surface area contributed by atoms with Gasteiger partial charge in [-0.05, 0) is 57.0 Å². The Morgan fingerprint density at radius 3 is 1.44 bits per heavy atom. The second kappa shape index (κ2) is 9.68. The van der Waals surface area contributed by atoms with Crippen molar-refractivity contribution in [1.82, 2.24) is 0 Å². The Kier molecular flexibility index (Phi) is 5.93. The van der Waals surface area contributed by atoms with Gasteiger partial charge < -0.3 is 0 Å². The average Bonchev–Trinajstić information content (AvgIpc) is 3.31. The monoisotopic (exact) mass is 459 g/mol. The van der Waals surface area contributed by atoms with Crippen LogP contribution in [-0.2, 0) is 11.8 Å². The van der Waals surface area contributed by atoms with Gasteiger partial charge in [-0.25, -0.2) is 0 Å². The standard InChI is InChI=1S/C36H27/c1-6-16-28(17-7-1)26-36(32-24-14-5-15-25-32)27-33(29-18-8-2-9-19-29)34(30-20-10-3-11-21-30)35(36)31-22-12-4-13-23-31/h1-25H,26H2. The Balaban J connectivity index is 1.73. The summed E-state index contributed by atoms with van der Waals surface area (Å²) in [5.41, 5.74) is 9.48. The van der Waals surface area contributed by atoms with Gasteiger partial charge in [-0.1, -0.05) is 152 Å². The van der Waals surface area contributed by atoms with Crippen LogP contribution in [0.2, 0.25) is 0 Å². The largest absolute Gasteiger partial charge is 0.0622 e. The molecule has 0 aliphatic heterocycles. The summed E-state index contributed by atoms with van der Waals surface area (Å²) >= 11 is 0. The van der Waals surface area contributed by atoms with Crippen LogP contribution < -0.4 is 0 Å². The third-order valence-electron chi connectivity index (χ3n) is 7.03. The highest BCUT2D eigenvalue weighted by atomic mass is 14.4. The van der Waals surface area contributed by atoms with Gasteiger partial charge >= 0.3 is 0 Å². The maximum atomic E-state index is 4.13. The van der Waals surface area contributed by atoms with Crippen molar-refractivity contribution in [2.45, 2.75) is 11.8 Å². The van der Waals surface area contributed by atoms with Crippen LogP contribution in [0.1, 0.15) is 27.8 Å². The maximum absolute atomic E-state index is 4.13. The van der Waals surface area contributed by atoms with Crippen molar-refractivity contribution in [1.29, 1.82) is 0 Å². The van der Waals surface area contributed by atoms with Crippen molar-refractivity contribution in [2.24, 2.45) is 0 Å². The molecule has 1 aliphatic rings. The second-order valence-corrected chi connectivity index (χ2v) is 9.28. The highest BCUT2D eigenvalue weighted by Gasteiger charge is 2.43. The fraction of sp³-hybridized carbons (Fsp3) is 0.0556. The van der Waals surface area contributed by atoms with E-state index in [1.165, 1.54) is 44.5 Å². The molecule has 1 radical (unpaired) electrons. The zero-order valence-corrected chi connectivity index (χ0v) is 20.1. The number of allylic oxidation sites excluding steroid dienone is 4. The van der Waals surface area contributed by atoms with Crippen molar-refractivity contribution in [3.8, 4) is 0 Å². The quantitative estimate of drug-likeness (QED) is 0.238. The minimum absolute atomic E-state index is 0.444. The van der Waals surface area contributed by atoms with Crippen LogP contribution in [0, 0.1) is 6.08 Å². The molecule has 5 aromatic carbocycles. The van der Waals surface area contributed by atoms with Gasteiger partial charge in [0.15, 0.2) is 0 Å². The predicted molar refractivity (Wildman–Crippen MR) is 151 cm³/mol. The van der Waals surface area contributed by atoms with Gasteiger partial charge in [-0.2, -0.15) is 0 Å². The summed E-state index contributed by atoms with van der Waals surface area (Å²) in [5, 5.41) is 0. The van der Waals surface area contributed by atoms with E-state index in [2.05, 4.69) is 158 Å². The molecule has 1 atom stereocenters. The van der Waals surface area contributed by atoms with Crippen LogP contribution in [0.5, 0.6) is 0 Å². The van der Waals surface area contributed by atoms with Crippen molar-refractivity contribution < 1.29 is 0 Å². The molecule has 0 spiro atoms. The molecule has 0 amide bonds. The first-order chi connectivity index (χ1) is 17.9. The summed E-state index contributed by atoms with van der Waals surface area (Å²) < 4.78 is 0. The van der Waals surface area contributed by atoms with Gasteiger partial charge in [0.25, 0.3) is 0 Å². The smallest absolute Gasteiger partial charge is 0.0513 e. The van der Waals surface area contributed by atoms with E-state index in [4.69, 9.17) is 0 Å². The molecule has 171 valence electrons. The molecule has 0 saturated heterocycles. The highest BCUT2D eigenvalue weighted by molar-refractivity contribution is 6.20. The maximum Gasteiger partial charge on any atom is 0.0513 e. The summed E-state index contributed by atoms with van der Waals surface area (Å²) in [6.45, 7) is 0. The summed E-state index contributed by atoms with van der Waals surface area (Å²) in [7, 11) is 0. The third-order valence-corrected chi connectivity index (χ3v) is 7.03. The molecule has 1 aliphatic carbocycles. The van der Waals surface area contributed by atoms with Crippen molar-refractivity contribution >= 4 is 16.7 Å². The molecule has 5 aromatic rings. The fourth-order valence-electron chi connectivity index (χ4n) is 5.46. The first-order valence-electron chi connectivity index (χ1n) is 12.5. The highest BCUT2D eigenvalue weighted by Crippen LogP contribution is 2.55. The molecular weight excluding hydrogens is 432 g/mol. The first-order valence-corrected chi connectivity index (χ1v) is 12.5. The number of benzene rings is 5. The van der Waals surface area contributed by atoms with E-state index >= 15 is 0 Å². The molecule has 0 bridgehead atoms. The molecule has 0 heteroatoms. The zero-order valence-electron chi connectivity index (χ0n) is 20.1. The zero-order chi connectivity index (χ0) is 24.2. The van der Waals surface area contributed by atoms with Crippen LogP contribution in [0.15, 0.2) is 152 Å². The normalized spacial score (nSPS) is 17.2. The Morgan fingerprint density at radius 1 is 0.444 bits per heavy atom. The van der Waals surface area contributed by atoms with E-state index in [-0.39, 0.29) is 0 Å². The van der Waals surface area contributed by atoms with E-state index in [1.807, 2.05) is 0 Å². The predicted octanol–water partition coefficient (Wildman–Crippen LogP) is 8.68. The molecule has 6 rings (SSSR count). The van der Waals surface area contributed by atoms with Crippen LogP contribution >= 0.6 is 0 Å². The van der Waals surface area contributed by atoms with Crippen LogP contribution in [0.25, 0.3) is 16.7 Å². The van der Waals surface area contributed by atoms with Crippen LogP contribution in [0.3, 0.4) is 0 Å². The van der Waals surface area contributed by atoms with Crippen molar-refractivity contribution in [2.75, 3.05) is 0 Å².